The molecule has 8 nitrogen and oxygen atoms in total. The lowest BCUT2D eigenvalue weighted by atomic mass is 10.1. The average molecular weight is 317 g/mol. The minimum absolute atomic E-state index is 0.0807. The number of benzene rings is 1. The van der Waals surface area contributed by atoms with E-state index in [9.17, 15) is 19.7 Å². The van der Waals surface area contributed by atoms with E-state index in [1.165, 1.54) is 36.4 Å². The number of carbonyl (C=O) groups is 2. The number of nitrogens with one attached hydrogen (secondary N) is 1. The van der Waals surface area contributed by atoms with Gasteiger partial charge < -0.3 is 14.6 Å². The zero-order chi connectivity index (χ0) is 17.0. The van der Waals surface area contributed by atoms with Crippen LogP contribution in [0, 0.1) is 17.0 Å². The second-order valence-corrected chi connectivity index (χ2v) is 4.89. The number of hydrogen-bond acceptors (Lipinski definition) is 5. The van der Waals surface area contributed by atoms with Gasteiger partial charge in [0, 0.05) is 13.1 Å². The van der Waals surface area contributed by atoms with Crippen LogP contribution in [0.1, 0.15) is 16.1 Å². The Bertz CT molecular complexity index is 740. The fourth-order valence-corrected chi connectivity index (χ4v) is 2.02. The molecule has 0 saturated heterocycles. The molecule has 2 aromatic rings. The van der Waals surface area contributed by atoms with Crippen molar-refractivity contribution in [1.29, 1.82) is 0 Å². The predicted molar refractivity (Wildman–Crippen MR) is 82.1 cm³/mol. The Morgan fingerprint density at radius 2 is 2.04 bits per heavy atom. The monoisotopic (exact) mass is 317 g/mol. The SMILES string of the molecule is Cc1c(NC(=O)CN(C)C(=O)c2ccco2)cccc1[N+](=O)[O-]. The Balaban J connectivity index is 2.04. The molecule has 0 aliphatic carbocycles. The molecule has 120 valence electrons. The number of hydrogen-bond donors (Lipinski definition) is 1. The fraction of sp³-hybridized carbons (Fsp3) is 0.200. The maximum atomic E-state index is 12.0. The van der Waals surface area contributed by atoms with Crippen molar-refractivity contribution < 1.29 is 18.9 Å². The topological polar surface area (TPSA) is 106 Å². The predicted octanol–water partition coefficient (Wildman–Crippen LogP) is 2.21. The first-order chi connectivity index (χ1) is 10.9. The van der Waals surface area contributed by atoms with Crippen LogP contribution in [0.2, 0.25) is 0 Å². The Labute approximate surface area is 131 Å². The summed E-state index contributed by atoms with van der Waals surface area (Å²) in [7, 11) is 1.46. The molecular formula is C15H15N3O5. The van der Waals surface area contributed by atoms with Gasteiger partial charge in [0.15, 0.2) is 5.76 Å². The van der Waals surface area contributed by atoms with Gasteiger partial charge in [0.2, 0.25) is 5.91 Å². The van der Waals surface area contributed by atoms with Crippen LogP contribution >= 0.6 is 0 Å². The molecule has 1 aromatic carbocycles. The van der Waals surface area contributed by atoms with Crippen LogP contribution in [-0.2, 0) is 4.79 Å². The molecule has 0 spiro atoms. The van der Waals surface area contributed by atoms with Crippen molar-refractivity contribution >= 4 is 23.2 Å². The van der Waals surface area contributed by atoms with E-state index in [1.54, 1.807) is 19.1 Å². The molecule has 8 heteroatoms. The molecule has 2 amide bonds. The lowest BCUT2D eigenvalue weighted by Gasteiger charge is -2.16. The maximum absolute atomic E-state index is 12.0. The molecule has 23 heavy (non-hydrogen) atoms. The lowest BCUT2D eigenvalue weighted by molar-refractivity contribution is -0.385. The van der Waals surface area contributed by atoms with E-state index < -0.39 is 16.7 Å². The van der Waals surface area contributed by atoms with Crippen LogP contribution in [0.5, 0.6) is 0 Å². The number of rotatable bonds is 5. The molecule has 0 saturated carbocycles. The number of furan rings is 1. The Hall–Kier alpha value is -3.16. The number of carbonyl (C=O) groups excluding carboxylic acids is 2. The summed E-state index contributed by atoms with van der Waals surface area (Å²) >= 11 is 0. The van der Waals surface area contributed by atoms with E-state index in [0.717, 1.165) is 0 Å². The highest BCUT2D eigenvalue weighted by molar-refractivity contribution is 5.98. The minimum atomic E-state index is -0.516. The third kappa shape index (κ3) is 3.73. The number of nitro benzene ring substituents is 1. The highest BCUT2D eigenvalue weighted by Gasteiger charge is 2.19. The first-order valence-electron chi connectivity index (χ1n) is 6.73. The molecule has 0 aliphatic heterocycles. The summed E-state index contributed by atoms with van der Waals surface area (Å²) in [6, 6.07) is 7.49. The number of nitro groups is 1. The van der Waals surface area contributed by atoms with Crippen LogP contribution in [0.15, 0.2) is 41.0 Å². The van der Waals surface area contributed by atoms with Gasteiger partial charge in [-0.05, 0) is 25.1 Å². The number of amides is 2. The molecule has 1 heterocycles. The normalized spacial score (nSPS) is 10.2. The molecule has 0 atom stereocenters. The van der Waals surface area contributed by atoms with Gasteiger partial charge in [0.1, 0.15) is 0 Å². The van der Waals surface area contributed by atoms with E-state index in [1.807, 2.05) is 0 Å². The van der Waals surface area contributed by atoms with Crippen molar-refractivity contribution in [2.75, 3.05) is 18.9 Å². The number of likely N-dealkylation sites (N-methyl/N-ethyl adjacent to an activating group) is 1. The summed E-state index contributed by atoms with van der Waals surface area (Å²) in [5.74, 6) is -0.760. The minimum Gasteiger partial charge on any atom is -0.459 e. The number of anilines is 1. The Morgan fingerprint density at radius 3 is 2.65 bits per heavy atom. The molecule has 1 aromatic heterocycles. The molecular weight excluding hydrogens is 302 g/mol. The van der Waals surface area contributed by atoms with E-state index in [2.05, 4.69) is 5.32 Å². The van der Waals surface area contributed by atoms with Gasteiger partial charge in [-0.2, -0.15) is 0 Å². The van der Waals surface area contributed by atoms with E-state index in [0.29, 0.717) is 11.3 Å². The molecule has 0 radical (unpaired) electrons. The van der Waals surface area contributed by atoms with Crippen molar-refractivity contribution in [2.24, 2.45) is 0 Å². The maximum Gasteiger partial charge on any atom is 0.289 e. The van der Waals surface area contributed by atoms with Gasteiger partial charge in [-0.25, -0.2) is 0 Å². The summed E-state index contributed by atoms with van der Waals surface area (Å²) in [5, 5.41) is 13.5. The molecule has 0 unspecified atom stereocenters. The zero-order valence-electron chi connectivity index (χ0n) is 12.6. The Kier molecular flexibility index (Phi) is 4.75. The third-order valence-electron chi connectivity index (χ3n) is 3.24. The van der Waals surface area contributed by atoms with Crippen LogP contribution in [0.3, 0.4) is 0 Å². The van der Waals surface area contributed by atoms with Crippen molar-refractivity contribution in [3.05, 3.63) is 58.0 Å². The number of nitrogens with zero attached hydrogens (tertiary/aromatic N) is 2. The molecule has 1 N–H and O–H groups in total. The highest BCUT2D eigenvalue weighted by atomic mass is 16.6. The van der Waals surface area contributed by atoms with Crippen molar-refractivity contribution in [1.82, 2.24) is 4.90 Å². The van der Waals surface area contributed by atoms with Gasteiger partial charge in [0.25, 0.3) is 11.6 Å². The summed E-state index contributed by atoms with van der Waals surface area (Å²) in [4.78, 5) is 35.6. The first-order valence-corrected chi connectivity index (χ1v) is 6.73. The molecule has 2 rings (SSSR count). The highest BCUT2D eigenvalue weighted by Crippen LogP contribution is 2.24. The van der Waals surface area contributed by atoms with Crippen LogP contribution in [0.25, 0.3) is 0 Å². The van der Waals surface area contributed by atoms with E-state index in [-0.39, 0.29) is 18.0 Å². The second kappa shape index (κ2) is 6.73. The average Bonchev–Trinajstić information content (AvgIpc) is 3.02. The fourth-order valence-electron chi connectivity index (χ4n) is 2.02. The van der Waals surface area contributed by atoms with Gasteiger partial charge >= 0.3 is 0 Å². The van der Waals surface area contributed by atoms with Gasteiger partial charge in [-0.15, -0.1) is 0 Å². The second-order valence-electron chi connectivity index (χ2n) is 4.89. The lowest BCUT2D eigenvalue weighted by Crippen LogP contribution is -2.34. The summed E-state index contributed by atoms with van der Waals surface area (Å²) in [6.45, 7) is 1.34. The van der Waals surface area contributed by atoms with Gasteiger partial charge in [-0.1, -0.05) is 6.07 Å². The summed E-state index contributed by atoms with van der Waals surface area (Å²) < 4.78 is 4.98. The summed E-state index contributed by atoms with van der Waals surface area (Å²) in [5.41, 5.74) is 0.608. The van der Waals surface area contributed by atoms with Gasteiger partial charge in [0.05, 0.1) is 29.0 Å². The van der Waals surface area contributed by atoms with E-state index in [4.69, 9.17) is 4.42 Å². The smallest absolute Gasteiger partial charge is 0.289 e. The first kappa shape index (κ1) is 16.2. The standard InChI is InChI=1S/C15H15N3O5/c1-10-11(5-3-6-12(10)18(21)22)16-14(19)9-17(2)15(20)13-7-4-8-23-13/h3-8H,9H2,1-2H3,(H,16,19). The van der Waals surface area contributed by atoms with Crippen molar-refractivity contribution in [2.45, 2.75) is 6.92 Å². The van der Waals surface area contributed by atoms with E-state index >= 15 is 0 Å². The van der Waals surface area contributed by atoms with Crippen LogP contribution in [-0.4, -0.2) is 35.2 Å². The largest absolute Gasteiger partial charge is 0.459 e. The summed E-state index contributed by atoms with van der Waals surface area (Å²) in [6.07, 6.45) is 1.37. The Morgan fingerprint density at radius 1 is 1.30 bits per heavy atom. The molecule has 0 bridgehead atoms. The third-order valence-corrected chi connectivity index (χ3v) is 3.24. The van der Waals surface area contributed by atoms with Crippen LogP contribution in [0.4, 0.5) is 11.4 Å². The van der Waals surface area contributed by atoms with Crippen LogP contribution < -0.4 is 5.32 Å². The van der Waals surface area contributed by atoms with Crippen molar-refractivity contribution in [3.63, 3.8) is 0 Å². The molecule has 0 aliphatic rings. The quantitative estimate of drug-likeness (QED) is 0.672. The van der Waals surface area contributed by atoms with Gasteiger partial charge in [-0.3, -0.25) is 19.7 Å². The van der Waals surface area contributed by atoms with Crippen molar-refractivity contribution in [3.8, 4) is 0 Å². The zero-order valence-corrected chi connectivity index (χ0v) is 12.6. The molecule has 0 fully saturated rings.